The summed E-state index contributed by atoms with van der Waals surface area (Å²) >= 11 is 0. The molecule has 1 atom stereocenters. The van der Waals surface area contributed by atoms with E-state index >= 15 is 0 Å². The molecule has 0 aliphatic heterocycles. The number of nitrogens with one attached hydrogen (secondary N) is 2. The monoisotopic (exact) mass is 250 g/mol. The Kier molecular flexibility index (Phi) is 4.87. The van der Waals surface area contributed by atoms with Gasteiger partial charge < -0.3 is 15.7 Å². The Labute approximate surface area is 108 Å². The Hall–Kier alpha value is -1.39. The molecule has 4 heteroatoms. The second kappa shape index (κ2) is 5.98. The molecule has 4 nitrogen and oxygen atoms in total. The molecule has 0 aromatic heterocycles. The molecular weight excluding hydrogens is 228 g/mol. The molecule has 0 spiro atoms. The van der Waals surface area contributed by atoms with Crippen LogP contribution >= 0.6 is 0 Å². The number of aliphatic hydroxyl groups excluding tert-OH is 1. The van der Waals surface area contributed by atoms with Crippen molar-refractivity contribution in [2.24, 2.45) is 0 Å². The first kappa shape index (κ1) is 14.7. The molecule has 1 amide bonds. The van der Waals surface area contributed by atoms with E-state index < -0.39 is 6.10 Å². The van der Waals surface area contributed by atoms with E-state index in [1.165, 1.54) is 0 Å². The van der Waals surface area contributed by atoms with Crippen molar-refractivity contribution in [1.82, 2.24) is 5.32 Å². The van der Waals surface area contributed by atoms with Crippen molar-refractivity contribution in [3.05, 3.63) is 29.8 Å². The highest BCUT2D eigenvalue weighted by Gasteiger charge is 2.13. The van der Waals surface area contributed by atoms with Crippen LogP contribution in [-0.4, -0.2) is 23.1 Å². The highest BCUT2D eigenvalue weighted by molar-refractivity contribution is 5.93. The van der Waals surface area contributed by atoms with Crippen molar-refractivity contribution in [2.45, 2.75) is 39.3 Å². The van der Waals surface area contributed by atoms with Crippen LogP contribution in [0.2, 0.25) is 0 Å². The summed E-state index contributed by atoms with van der Waals surface area (Å²) in [5, 5.41) is 15.5. The zero-order valence-corrected chi connectivity index (χ0v) is 11.4. The molecule has 1 aromatic rings. The van der Waals surface area contributed by atoms with E-state index in [-0.39, 0.29) is 18.0 Å². The lowest BCUT2D eigenvalue weighted by atomic mass is 10.1. The zero-order valence-electron chi connectivity index (χ0n) is 11.4. The zero-order chi connectivity index (χ0) is 13.8. The molecule has 3 N–H and O–H groups in total. The molecule has 0 radical (unpaired) electrons. The summed E-state index contributed by atoms with van der Waals surface area (Å²) in [6.07, 6.45) is -0.600. The number of benzene rings is 1. The van der Waals surface area contributed by atoms with Gasteiger partial charge in [0.05, 0.1) is 12.6 Å². The lowest BCUT2D eigenvalue weighted by Crippen LogP contribution is -2.41. The molecule has 18 heavy (non-hydrogen) atoms. The standard InChI is InChI=1S/C14H22N2O2/c1-10(17)11-7-5-6-8-12(11)16-13(18)9-15-14(2,3)4/h5-8,10,15,17H,9H2,1-4H3,(H,16,18). The van der Waals surface area contributed by atoms with E-state index in [1.807, 2.05) is 32.9 Å². The first-order valence-electron chi connectivity index (χ1n) is 6.11. The largest absolute Gasteiger partial charge is 0.389 e. The van der Waals surface area contributed by atoms with Crippen LogP contribution in [0.3, 0.4) is 0 Å². The molecule has 1 aromatic carbocycles. The van der Waals surface area contributed by atoms with Gasteiger partial charge in [0.15, 0.2) is 0 Å². The lowest BCUT2D eigenvalue weighted by Gasteiger charge is -2.20. The summed E-state index contributed by atoms with van der Waals surface area (Å²) in [4.78, 5) is 11.8. The number of para-hydroxylation sites is 1. The molecule has 0 saturated heterocycles. The number of carbonyl (C=O) groups excluding carboxylic acids is 1. The van der Waals surface area contributed by atoms with E-state index in [0.717, 1.165) is 5.56 Å². The maximum Gasteiger partial charge on any atom is 0.238 e. The van der Waals surface area contributed by atoms with Gasteiger partial charge in [0, 0.05) is 16.8 Å². The quantitative estimate of drug-likeness (QED) is 0.766. The first-order valence-corrected chi connectivity index (χ1v) is 6.11. The van der Waals surface area contributed by atoms with Crippen molar-refractivity contribution < 1.29 is 9.90 Å². The summed E-state index contributed by atoms with van der Waals surface area (Å²) in [6, 6.07) is 7.26. The predicted molar refractivity (Wildman–Crippen MR) is 73.5 cm³/mol. The number of rotatable bonds is 4. The maximum atomic E-state index is 11.8. The fourth-order valence-corrected chi connectivity index (χ4v) is 1.51. The van der Waals surface area contributed by atoms with Gasteiger partial charge in [-0.05, 0) is 33.8 Å². The number of aliphatic hydroxyl groups is 1. The van der Waals surface area contributed by atoms with Gasteiger partial charge in [-0.15, -0.1) is 0 Å². The highest BCUT2D eigenvalue weighted by Crippen LogP contribution is 2.21. The van der Waals surface area contributed by atoms with Crippen LogP contribution in [0, 0.1) is 0 Å². The second-order valence-corrected chi connectivity index (χ2v) is 5.41. The molecule has 0 aliphatic rings. The molecule has 0 fully saturated rings. The summed E-state index contributed by atoms with van der Waals surface area (Å²) in [7, 11) is 0. The molecule has 100 valence electrons. The third-order valence-corrected chi connectivity index (χ3v) is 2.46. The SMILES string of the molecule is CC(O)c1ccccc1NC(=O)CNC(C)(C)C. The Morgan fingerprint density at radius 2 is 1.94 bits per heavy atom. The van der Waals surface area contributed by atoms with Gasteiger partial charge in [-0.2, -0.15) is 0 Å². The van der Waals surface area contributed by atoms with Crippen LogP contribution < -0.4 is 10.6 Å². The van der Waals surface area contributed by atoms with Gasteiger partial charge in [0.1, 0.15) is 0 Å². The fraction of sp³-hybridized carbons (Fsp3) is 0.500. The summed E-state index contributed by atoms with van der Waals surface area (Å²) in [6.45, 7) is 7.94. The normalized spacial score (nSPS) is 13.2. The third kappa shape index (κ3) is 4.85. The fourth-order valence-electron chi connectivity index (χ4n) is 1.51. The maximum absolute atomic E-state index is 11.8. The van der Waals surface area contributed by atoms with Gasteiger partial charge in [-0.25, -0.2) is 0 Å². The van der Waals surface area contributed by atoms with Gasteiger partial charge in [0.2, 0.25) is 5.91 Å². The Balaban J connectivity index is 2.65. The summed E-state index contributed by atoms with van der Waals surface area (Å²) in [5.41, 5.74) is 1.29. The molecule has 0 bridgehead atoms. The van der Waals surface area contributed by atoms with Crippen LogP contribution in [0.5, 0.6) is 0 Å². The smallest absolute Gasteiger partial charge is 0.238 e. The molecule has 1 unspecified atom stereocenters. The number of anilines is 1. The van der Waals surface area contributed by atoms with Gasteiger partial charge in [-0.1, -0.05) is 18.2 Å². The minimum Gasteiger partial charge on any atom is -0.389 e. The Morgan fingerprint density at radius 1 is 1.33 bits per heavy atom. The highest BCUT2D eigenvalue weighted by atomic mass is 16.3. The van der Waals surface area contributed by atoms with Crippen molar-refractivity contribution in [2.75, 3.05) is 11.9 Å². The first-order chi connectivity index (χ1) is 8.29. The van der Waals surface area contributed by atoms with E-state index in [0.29, 0.717) is 5.69 Å². The van der Waals surface area contributed by atoms with E-state index in [1.54, 1.807) is 19.1 Å². The molecule has 1 rings (SSSR count). The number of hydrogen-bond acceptors (Lipinski definition) is 3. The average molecular weight is 250 g/mol. The van der Waals surface area contributed by atoms with Crippen LogP contribution in [0.25, 0.3) is 0 Å². The molecule has 0 saturated carbocycles. The van der Waals surface area contributed by atoms with Crippen LogP contribution in [0.4, 0.5) is 5.69 Å². The van der Waals surface area contributed by atoms with Gasteiger partial charge in [-0.3, -0.25) is 4.79 Å². The topological polar surface area (TPSA) is 61.4 Å². The molecule has 0 heterocycles. The van der Waals surface area contributed by atoms with E-state index in [2.05, 4.69) is 10.6 Å². The second-order valence-electron chi connectivity index (χ2n) is 5.41. The lowest BCUT2D eigenvalue weighted by molar-refractivity contribution is -0.115. The van der Waals surface area contributed by atoms with E-state index in [4.69, 9.17) is 0 Å². The van der Waals surface area contributed by atoms with Crippen molar-refractivity contribution in [1.29, 1.82) is 0 Å². The number of carbonyl (C=O) groups is 1. The van der Waals surface area contributed by atoms with Crippen LogP contribution in [0.1, 0.15) is 39.4 Å². The predicted octanol–water partition coefficient (Wildman–Crippen LogP) is 2.07. The van der Waals surface area contributed by atoms with Crippen molar-refractivity contribution in [3.63, 3.8) is 0 Å². The van der Waals surface area contributed by atoms with Crippen molar-refractivity contribution in [3.8, 4) is 0 Å². The average Bonchev–Trinajstić information content (AvgIpc) is 2.26. The molecular formula is C14H22N2O2. The van der Waals surface area contributed by atoms with Gasteiger partial charge in [0.25, 0.3) is 0 Å². The van der Waals surface area contributed by atoms with E-state index in [9.17, 15) is 9.90 Å². The Bertz CT molecular complexity index is 409. The summed E-state index contributed by atoms with van der Waals surface area (Å²) < 4.78 is 0. The van der Waals surface area contributed by atoms with Gasteiger partial charge >= 0.3 is 0 Å². The minimum absolute atomic E-state index is 0.0961. The summed E-state index contributed by atoms with van der Waals surface area (Å²) in [5.74, 6) is -0.113. The number of hydrogen-bond donors (Lipinski definition) is 3. The third-order valence-electron chi connectivity index (χ3n) is 2.46. The van der Waals surface area contributed by atoms with Crippen LogP contribution in [-0.2, 0) is 4.79 Å². The van der Waals surface area contributed by atoms with Crippen molar-refractivity contribution >= 4 is 11.6 Å². The molecule has 0 aliphatic carbocycles. The number of amides is 1. The van der Waals surface area contributed by atoms with Crippen LogP contribution in [0.15, 0.2) is 24.3 Å². The Morgan fingerprint density at radius 3 is 2.50 bits per heavy atom. The minimum atomic E-state index is -0.600.